The maximum atomic E-state index is 6.01. The average Bonchev–Trinajstić information content (AvgIpc) is 2.54. The van der Waals surface area contributed by atoms with Crippen LogP contribution in [0.2, 0.25) is 0 Å². The van der Waals surface area contributed by atoms with Crippen LogP contribution in [0.15, 0.2) is 18.2 Å². The van der Waals surface area contributed by atoms with Crippen molar-refractivity contribution in [2.24, 2.45) is 0 Å². The summed E-state index contributed by atoms with van der Waals surface area (Å²) in [5, 5.41) is 0. The highest BCUT2D eigenvalue weighted by Gasteiger charge is 2.19. The minimum absolute atomic E-state index is 0.159. The summed E-state index contributed by atoms with van der Waals surface area (Å²) in [6.07, 6.45) is 2.12. The zero-order valence-corrected chi connectivity index (χ0v) is 11.6. The normalized spacial score (nSPS) is 12.2. The van der Waals surface area contributed by atoms with E-state index in [1.807, 2.05) is 11.8 Å². The highest BCUT2D eigenvalue weighted by molar-refractivity contribution is 7.99. The van der Waals surface area contributed by atoms with Gasteiger partial charge in [0.25, 0.3) is 0 Å². The molecule has 1 aromatic carbocycles. The molecule has 0 bridgehead atoms. The van der Waals surface area contributed by atoms with Crippen molar-refractivity contribution in [2.45, 2.75) is 32.1 Å². The summed E-state index contributed by atoms with van der Waals surface area (Å²) in [5.74, 6) is 0.604. The number of imidazole rings is 1. The lowest BCUT2D eigenvalue weighted by Gasteiger charge is -2.23. The molecule has 0 atom stereocenters. The maximum Gasteiger partial charge on any atom is 0.201 e. The minimum atomic E-state index is 0.159. The van der Waals surface area contributed by atoms with Crippen molar-refractivity contribution in [3.8, 4) is 0 Å². The third-order valence-corrected chi connectivity index (χ3v) is 4.26. The molecular weight excluding hydrogens is 230 g/mol. The molecule has 2 N–H and O–H groups in total. The van der Waals surface area contributed by atoms with Gasteiger partial charge in [0.1, 0.15) is 0 Å². The lowest BCUT2D eigenvalue weighted by molar-refractivity contribution is 0.585. The molecular formula is C13H19N3S. The lowest BCUT2D eigenvalue weighted by atomic mass is 10.2. The summed E-state index contributed by atoms with van der Waals surface area (Å²) in [6.45, 7) is 7.38. The molecule has 1 aromatic heterocycles. The predicted molar refractivity (Wildman–Crippen MR) is 76.5 cm³/mol. The quantitative estimate of drug-likeness (QED) is 0.909. The first kappa shape index (κ1) is 12.3. The van der Waals surface area contributed by atoms with E-state index in [2.05, 4.69) is 54.8 Å². The zero-order chi connectivity index (χ0) is 12.6. The van der Waals surface area contributed by atoms with Crippen LogP contribution < -0.4 is 5.73 Å². The van der Waals surface area contributed by atoms with E-state index in [0.29, 0.717) is 5.95 Å². The van der Waals surface area contributed by atoms with Gasteiger partial charge in [-0.15, -0.1) is 0 Å². The van der Waals surface area contributed by atoms with Crippen molar-refractivity contribution < 1.29 is 0 Å². The topological polar surface area (TPSA) is 43.8 Å². The predicted octanol–water partition coefficient (Wildman–Crippen LogP) is 3.07. The van der Waals surface area contributed by atoms with E-state index in [4.69, 9.17) is 5.73 Å². The number of hydrogen-bond acceptors (Lipinski definition) is 3. The van der Waals surface area contributed by atoms with Crippen LogP contribution in [0.25, 0.3) is 11.0 Å². The van der Waals surface area contributed by atoms with Gasteiger partial charge in [-0.25, -0.2) is 4.98 Å². The number of anilines is 1. The summed E-state index contributed by atoms with van der Waals surface area (Å²) in [6, 6.07) is 6.28. The molecule has 0 fully saturated rings. The SMILES string of the molecule is CSC(C)(C)Cn1c(N)nc2cc(C)ccc21. The van der Waals surface area contributed by atoms with E-state index >= 15 is 0 Å². The highest BCUT2D eigenvalue weighted by Crippen LogP contribution is 2.27. The van der Waals surface area contributed by atoms with Crippen molar-refractivity contribution in [2.75, 3.05) is 12.0 Å². The number of nitrogen functional groups attached to an aromatic ring is 1. The van der Waals surface area contributed by atoms with E-state index in [1.54, 1.807) is 0 Å². The molecule has 92 valence electrons. The number of aromatic nitrogens is 2. The van der Waals surface area contributed by atoms with E-state index in [0.717, 1.165) is 17.6 Å². The van der Waals surface area contributed by atoms with E-state index in [-0.39, 0.29) is 4.75 Å². The van der Waals surface area contributed by atoms with Crippen LogP contribution in [-0.4, -0.2) is 20.6 Å². The second-order valence-corrected chi connectivity index (χ2v) is 6.53. The largest absolute Gasteiger partial charge is 0.369 e. The standard InChI is InChI=1S/C13H19N3S/c1-9-5-6-11-10(7-9)15-12(14)16(11)8-13(2,3)17-4/h5-7H,8H2,1-4H3,(H2,14,15). The molecule has 4 heteroatoms. The van der Waals surface area contributed by atoms with Crippen molar-refractivity contribution >= 4 is 28.7 Å². The number of nitrogens with two attached hydrogens (primary N) is 1. The highest BCUT2D eigenvalue weighted by atomic mass is 32.2. The fraction of sp³-hybridized carbons (Fsp3) is 0.462. The van der Waals surface area contributed by atoms with Crippen LogP contribution in [0.5, 0.6) is 0 Å². The summed E-state index contributed by atoms with van der Waals surface area (Å²) < 4.78 is 2.26. The van der Waals surface area contributed by atoms with Gasteiger partial charge in [-0.3, -0.25) is 0 Å². The molecule has 0 unspecified atom stereocenters. The molecule has 0 amide bonds. The van der Waals surface area contributed by atoms with Crippen LogP contribution in [0.1, 0.15) is 19.4 Å². The van der Waals surface area contributed by atoms with E-state index < -0.39 is 0 Å². The van der Waals surface area contributed by atoms with Crippen molar-refractivity contribution in [3.05, 3.63) is 23.8 Å². The van der Waals surface area contributed by atoms with Crippen LogP contribution in [-0.2, 0) is 6.54 Å². The molecule has 0 aliphatic heterocycles. The lowest BCUT2D eigenvalue weighted by Crippen LogP contribution is -2.23. The van der Waals surface area contributed by atoms with Crippen molar-refractivity contribution in [1.29, 1.82) is 0 Å². The fourth-order valence-electron chi connectivity index (χ4n) is 1.87. The van der Waals surface area contributed by atoms with Gasteiger partial charge in [-0.05, 0) is 44.7 Å². The molecule has 0 aliphatic rings. The summed E-state index contributed by atoms with van der Waals surface area (Å²) >= 11 is 1.84. The molecule has 17 heavy (non-hydrogen) atoms. The third kappa shape index (κ3) is 2.41. The second kappa shape index (κ2) is 4.26. The van der Waals surface area contributed by atoms with E-state index in [9.17, 15) is 0 Å². The second-order valence-electron chi connectivity index (χ2n) is 5.01. The fourth-order valence-corrected chi connectivity index (χ4v) is 2.13. The molecule has 0 aliphatic carbocycles. The maximum absolute atomic E-state index is 6.01. The van der Waals surface area contributed by atoms with Gasteiger partial charge in [-0.1, -0.05) is 6.07 Å². The summed E-state index contributed by atoms with van der Waals surface area (Å²) in [7, 11) is 0. The molecule has 0 saturated carbocycles. The number of aryl methyl sites for hydroxylation is 1. The monoisotopic (exact) mass is 249 g/mol. The number of nitrogens with zero attached hydrogens (tertiary/aromatic N) is 2. The van der Waals surface area contributed by atoms with E-state index in [1.165, 1.54) is 5.56 Å². The molecule has 2 aromatic rings. The van der Waals surface area contributed by atoms with Gasteiger partial charge in [0.2, 0.25) is 5.95 Å². The number of fused-ring (bicyclic) bond motifs is 1. The van der Waals surface area contributed by atoms with Gasteiger partial charge in [0.05, 0.1) is 11.0 Å². The van der Waals surface area contributed by atoms with Crippen molar-refractivity contribution in [1.82, 2.24) is 9.55 Å². The van der Waals surface area contributed by atoms with Crippen molar-refractivity contribution in [3.63, 3.8) is 0 Å². The first-order valence-corrected chi connectivity index (χ1v) is 6.93. The number of benzene rings is 1. The number of rotatable bonds is 3. The Morgan fingerprint density at radius 1 is 1.41 bits per heavy atom. The molecule has 0 spiro atoms. The first-order chi connectivity index (χ1) is 7.93. The Balaban J connectivity index is 2.50. The Bertz CT molecular complexity index is 543. The molecule has 3 nitrogen and oxygen atoms in total. The number of hydrogen-bond donors (Lipinski definition) is 1. The first-order valence-electron chi connectivity index (χ1n) is 5.70. The van der Waals surface area contributed by atoms with Crippen LogP contribution in [0.4, 0.5) is 5.95 Å². The third-order valence-electron chi connectivity index (χ3n) is 3.02. The Morgan fingerprint density at radius 3 is 2.76 bits per heavy atom. The van der Waals surface area contributed by atoms with Crippen LogP contribution in [0.3, 0.4) is 0 Å². The smallest absolute Gasteiger partial charge is 0.201 e. The van der Waals surface area contributed by atoms with Gasteiger partial charge < -0.3 is 10.3 Å². The van der Waals surface area contributed by atoms with Crippen LogP contribution in [0, 0.1) is 6.92 Å². The Morgan fingerprint density at radius 2 is 2.12 bits per heavy atom. The summed E-state index contributed by atoms with van der Waals surface area (Å²) in [4.78, 5) is 4.42. The zero-order valence-electron chi connectivity index (χ0n) is 10.8. The molecule has 0 saturated heterocycles. The van der Waals surface area contributed by atoms with Gasteiger partial charge in [-0.2, -0.15) is 11.8 Å². The Labute approximate surface area is 106 Å². The van der Waals surface area contributed by atoms with Gasteiger partial charge in [0, 0.05) is 11.3 Å². The Hall–Kier alpha value is -1.16. The Kier molecular flexibility index (Phi) is 3.08. The number of thioether (sulfide) groups is 1. The average molecular weight is 249 g/mol. The summed E-state index contributed by atoms with van der Waals surface area (Å²) in [5.41, 5.74) is 9.33. The van der Waals surface area contributed by atoms with Gasteiger partial charge >= 0.3 is 0 Å². The molecule has 1 heterocycles. The van der Waals surface area contributed by atoms with Gasteiger partial charge in [0.15, 0.2) is 0 Å². The minimum Gasteiger partial charge on any atom is -0.369 e. The molecule has 2 rings (SSSR count). The van der Waals surface area contributed by atoms with Crippen LogP contribution >= 0.6 is 11.8 Å². The molecule has 0 radical (unpaired) electrons.